The Labute approximate surface area is 80.8 Å². The highest BCUT2D eigenvalue weighted by molar-refractivity contribution is 6.00. The van der Waals surface area contributed by atoms with Gasteiger partial charge in [0.25, 0.3) is 5.91 Å². The van der Waals surface area contributed by atoms with Crippen LogP contribution in [-0.2, 0) is 0 Å². The smallest absolute Gasteiger partial charge is 0.252 e. The van der Waals surface area contributed by atoms with E-state index >= 15 is 0 Å². The third kappa shape index (κ3) is 1.29. The quantitative estimate of drug-likeness (QED) is 0.712. The summed E-state index contributed by atoms with van der Waals surface area (Å²) < 4.78 is 0. The Bertz CT molecular complexity index is 506. The number of primary amides is 1. The Morgan fingerprint density at radius 1 is 1.14 bits per heavy atom. The van der Waals surface area contributed by atoms with E-state index in [-0.39, 0.29) is 11.3 Å². The SMILES string of the molecule is NC(=O)c1cc2ccccc2cc1O. The summed E-state index contributed by atoms with van der Waals surface area (Å²) in [4.78, 5) is 10.9. The summed E-state index contributed by atoms with van der Waals surface area (Å²) in [6.07, 6.45) is 0. The molecule has 0 fully saturated rings. The molecular formula is C11H9NO2. The number of benzene rings is 2. The molecule has 1 amide bonds. The molecule has 0 aliphatic heterocycles. The van der Waals surface area contributed by atoms with E-state index in [0.717, 1.165) is 10.8 Å². The molecule has 0 spiro atoms. The lowest BCUT2D eigenvalue weighted by atomic mass is 10.1. The molecule has 3 nitrogen and oxygen atoms in total. The van der Waals surface area contributed by atoms with E-state index in [2.05, 4.69) is 0 Å². The van der Waals surface area contributed by atoms with Gasteiger partial charge in [0.05, 0.1) is 5.56 Å². The first-order valence-electron chi connectivity index (χ1n) is 4.20. The molecular weight excluding hydrogens is 178 g/mol. The molecule has 0 aromatic heterocycles. The summed E-state index contributed by atoms with van der Waals surface area (Å²) in [5, 5.41) is 11.3. The molecule has 3 heteroatoms. The number of carbonyl (C=O) groups is 1. The lowest BCUT2D eigenvalue weighted by Gasteiger charge is -2.02. The summed E-state index contributed by atoms with van der Waals surface area (Å²) in [5.41, 5.74) is 5.26. The predicted molar refractivity (Wildman–Crippen MR) is 54.1 cm³/mol. The van der Waals surface area contributed by atoms with Crippen molar-refractivity contribution in [2.24, 2.45) is 5.73 Å². The standard InChI is InChI=1S/C11H9NO2/c12-11(14)9-5-7-3-1-2-4-8(7)6-10(9)13/h1-6,13H,(H2,12,14). The zero-order valence-electron chi connectivity index (χ0n) is 7.40. The van der Waals surface area contributed by atoms with Crippen LogP contribution < -0.4 is 5.73 Å². The lowest BCUT2D eigenvalue weighted by molar-refractivity contribution is 0.0998. The maximum absolute atomic E-state index is 10.9. The summed E-state index contributed by atoms with van der Waals surface area (Å²) in [5.74, 6) is -0.690. The minimum atomic E-state index is -0.617. The Hall–Kier alpha value is -2.03. The maximum atomic E-state index is 10.9. The van der Waals surface area contributed by atoms with Gasteiger partial charge in [0.1, 0.15) is 5.75 Å². The van der Waals surface area contributed by atoms with Gasteiger partial charge in [-0.05, 0) is 22.9 Å². The number of aromatic hydroxyl groups is 1. The van der Waals surface area contributed by atoms with Crippen molar-refractivity contribution in [1.82, 2.24) is 0 Å². The Balaban J connectivity index is 2.77. The summed E-state index contributed by atoms with van der Waals surface area (Å²) >= 11 is 0. The second-order valence-electron chi connectivity index (χ2n) is 3.08. The number of carbonyl (C=O) groups excluding carboxylic acids is 1. The van der Waals surface area contributed by atoms with Crippen LogP contribution in [0.1, 0.15) is 10.4 Å². The molecule has 2 rings (SSSR count). The van der Waals surface area contributed by atoms with Crippen molar-refractivity contribution >= 4 is 16.7 Å². The molecule has 70 valence electrons. The minimum absolute atomic E-state index is 0.0730. The summed E-state index contributed by atoms with van der Waals surface area (Å²) in [7, 11) is 0. The van der Waals surface area contributed by atoms with Gasteiger partial charge in [0, 0.05) is 0 Å². The van der Waals surface area contributed by atoms with Crippen molar-refractivity contribution in [1.29, 1.82) is 0 Å². The van der Waals surface area contributed by atoms with Gasteiger partial charge in [0.15, 0.2) is 0 Å². The van der Waals surface area contributed by atoms with Crippen LogP contribution in [-0.4, -0.2) is 11.0 Å². The molecule has 0 unspecified atom stereocenters. The molecule has 2 aromatic carbocycles. The monoisotopic (exact) mass is 187 g/mol. The molecule has 0 atom stereocenters. The molecule has 0 saturated carbocycles. The molecule has 0 radical (unpaired) electrons. The van der Waals surface area contributed by atoms with Crippen LogP contribution in [0.25, 0.3) is 10.8 Å². The van der Waals surface area contributed by atoms with Gasteiger partial charge in [-0.1, -0.05) is 24.3 Å². The van der Waals surface area contributed by atoms with Crippen molar-refractivity contribution in [2.75, 3.05) is 0 Å². The summed E-state index contributed by atoms with van der Waals surface area (Å²) in [6, 6.07) is 10.6. The number of rotatable bonds is 1. The van der Waals surface area contributed by atoms with E-state index < -0.39 is 5.91 Å². The molecule has 14 heavy (non-hydrogen) atoms. The van der Waals surface area contributed by atoms with Crippen LogP contribution in [0.4, 0.5) is 0 Å². The van der Waals surface area contributed by atoms with Crippen molar-refractivity contribution in [2.45, 2.75) is 0 Å². The number of phenols is 1. The first-order chi connectivity index (χ1) is 6.68. The average Bonchev–Trinajstić information content (AvgIpc) is 2.16. The normalized spacial score (nSPS) is 10.3. The highest BCUT2D eigenvalue weighted by atomic mass is 16.3. The maximum Gasteiger partial charge on any atom is 0.252 e. The Morgan fingerprint density at radius 3 is 2.29 bits per heavy atom. The van der Waals surface area contributed by atoms with E-state index in [4.69, 9.17) is 5.73 Å². The zero-order valence-corrected chi connectivity index (χ0v) is 7.40. The van der Waals surface area contributed by atoms with Gasteiger partial charge in [-0.15, -0.1) is 0 Å². The Morgan fingerprint density at radius 2 is 1.71 bits per heavy atom. The third-order valence-electron chi connectivity index (χ3n) is 2.13. The summed E-state index contributed by atoms with van der Waals surface area (Å²) in [6.45, 7) is 0. The number of amides is 1. The van der Waals surface area contributed by atoms with Crippen molar-refractivity contribution in [3.05, 3.63) is 42.0 Å². The average molecular weight is 187 g/mol. The third-order valence-corrected chi connectivity index (χ3v) is 2.13. The van der Waals surface area contributed by atoms with Gasteiger partial charge in [0.2, 0.25) is 0 Å². The second-order valence-corrected chi connectivity index (χ2v) is 3.08. The first-order valence-corrected chi connectivity index (χ1v) is 4.20. The van der Waals surface area contributed by atoms with E-state index in [1.165, 1.54) is 6.07 Å². The highest BCUT2D eigenvalue weighted by Gasteiger charge is 2.07. The van der Waals surface area contributed by atoms with Crippen LogP contribution in [0.2, 0.25) is 0 Å². The zero-order chi connectivity index (χ0) is 10.1. The van der Waals surface area contributed by atoms with E-state index in [0.29, 0.717) is 0 Å². The number of hydrogen-bond donors (Lipinski definition) is 2. The number of nitrogens with two attached hydrogens (primary N) is 1. The van der Waals surface area contributed by atoms with Gasteiger partial charge in [-0.25, -0.2) is 0 Å². The predicted octanol–water partition coefficient (Wildman–Crippen LogP) is 1.64. The second kappa shape index (κ2) is 3.03. The molecule has 0 bridgehead atoms. The van der Waals surface area contributed by atoms with Crippen LogP contribution in [0, 0.1) is 0 Å². The topological polar surface area (TPSA) is 63.3 Å². The molecule has 3 N–H and O–H groups in total. The van der Waals surface area contributed by atoms with Gasteiger partial charge < -0.3 is 10.8 Å². The fourth-order valence-corrected chi connectivity index (χ4v) is 1.43. The fourth-order valence-electron chi connectivity index (χ4n) is 1.43. The minimum Gasteiger partial charge on any atom is -0.507 e. The van der Waals surface area contributed by atoms with Crippen molar-refractivity contribution in [3.8, 4) is 5.75 Å². The number of hydrogen-bond acceptors (Lipinski definition) is 2. The van der Waals surface area contributed by atoms with Crippen molar-refractivity contribution in [3.63, 3.8) is 0 Å². The van der Waals surface area contributed by atoms with Crippen LogP contribution >= 0.6 is 0 Å². The lowest BCUT2D eigenvalue weighted by Crippen LogP contribution is -2.10. The highest BCUT2D eigenvalue weighted by Crippen LogP contribution is 2.24. The van der Waals surface area contributed by atoms with E-state index in [1.807, 2.05) is 24.3 Å². The molecule has 0 aliphatic carbocycles. The van der Waals surface area contributed by atoms with E-state index in [1.54, 1.807) is 6.07 Å². The van der Waals surface area contributed by atoms with Crippen LogP contribution in [0.15, 0.2) is 36.4 Å². The fraction of sp³-hybridized carbons (Fsp3) is 0. The van der Waals surface area contributed by atoms with Crippen LogP contribution in [0.3, 0.4) is 0 Å². The van der Waals surface area contributed by atoms with Gasteiger partial charge in [-0.2, -0.15) is 0 Å². The van der Waals surface area contributed by atoms with Gasteiger partial charge in [-0.3, -0.25) is 4.79 Å². The largest absolute Gasteiger partial charge is 0.507 e. The molecule has 0 heterocycles. The molecule has 0 aliphatic rings. The molecule has 2 aromatic rings. The first kappa shape index (κ1) is 8.56. The molecule has 0 saturated heterocycles. The van der Waals surface area contributed by atoms with E-state index in [9.17, 15) is 9.90 Å². The van der Waals surface area contributed by atoms with Crippen molar-refractivity contribution < 1.29 is 9.90 Å². The number of fused-ring (bicyclic) bond motifs is 1. The van der Waals surface area contributed by atoms with Crippen LogP contribution in [0.5, 0.6) is 5.75 Å². The van der Waals surface area contributed by atoms with Gasteiger partial charge >= 0.3 is 0 Å². The Kier molecular flexibility index (Phi) is 1.85.